The maximum atomic E-state index is 15.2. The Morgan fingerprint density at radius 2 is 1.59 bits per heavy atom. The Balaban J connectivity index is 1.25. The molecule has 6 amide bonds. The van der Waals surface area contributed by atoms with Gasteiger partial charge < -0.3 is 25.6 Å². The first kappa shape index (κ1) is 48.4. The highest BCUT2D eigenvalue weighted by atomic mass is 32.2. The monoisotopic (exact) mass is 994 g/mol. The van der Waals surface area contributed by atoms with Gasteiger partial charge in [-0.1, -0.05) is 102 Å². The predicted octanol–water partition coefficient (Wildman–Crippen LogP) is 3.77. The van der Waals surface area contributed by atoms with Crippen LogP contribution in [0.2, 0.25) is 0 Å². The molecule has 2 fully saturated rings. The molecule has 0 radical (unpaired) electrons. The highest BCUT2D eigenvalue weighted by Gasteiger charge is 2.58. The van der Waals surface area contributed by atoms with E-state index in [2.05, 4.69) is 31.5 Å². The number of thioether (sulfide) groups is 2. The summed E-state index contributed by atoms with van der Waals surface area (Å²) in [6.07, 6.45) is -0.992. The van der Waals surface area contributed by atoms with Crippen LogP contribution >= 0.6 is 23.5 Å². The summed E-state index contributed by atoms with van der Waals surface area (Å²) in [5.41, 5.74) is 2.52. The number of carbonyl (C=O) groups excluding carboxylic acids is 6. The normalized spacial score (nSPS) is 18.7. The van der Waals surface area contributed by atoms with Crippen LogP contribution in [0.1, 0.15) is 52.8 Å². The summed E-state index contributed by atoms with van der Waals surface area (Å²) in [7, 11) is -1.61. The van der Waals surface area contributed by atoms with Crippen molar-refractivity contribution in [1.82, 2.24) is 45.5 Å². The molecule has 23 heteroatoms. The molecule has 0 saturated carbocycles. The third kappa shape index (κ3) is 9.93. The maximum Gasteiger partial charge on any atom is 0.356 e. The molecule has 69 heavy (non-hydrogen) atoms. The first-order valence-electron chi connectivity index (χ1n) is 21.5. The molecule has 1 aromatic heterocycles. The van der Waals surface area contributed by atoms with Crippen LogP contribution in [0.4, 0.5) is 10.5 Å². The third-order valence-corrected chi connectivity index (χ3v) is 15.2. The van der Waals surface area contributed by atoms with E-state index in [-0.39, 0.29) is 47.8 Å². The summed E-state index contributed by atoms with van der Waals surface area (Å²) in [5.74, 6) is -5.80. The van der Waals surface area contributed by atoms with Gasteiger partial charge in [0.05, 0.1) is 10.8 Å². The number of esters is 1. The molecule has 4 heterocycles. The molecule has 2 unspecified atom stereocenters. The van der Waals surface area contributed by atoms with Gasteiger partial charge in [-0.05, 0) is 64.7 Å². The molecule has 0 aliphatic carbocycles. The van der Waals surface area contributed by atoms with Crippen LogP contribution < -0.4 is 16.0 Å². The summed E-state index contributed by atoms with van der Waals surface area (Å²) >= 11 is 2.10. The minimum atomic E-state index is -4.88. The Labute approximate surface area is 404 Å². The third-order valence-electron chi connectivity index (χ3n) is 11.8. The SMILES string of the molecule is CCN1CCN(C(=O)NC(C(=O)NC2S[C@H]3[C@H](c4cc(C)ccc4S(=O)(=O)O)C(=O)N3C(C(=O)OC(c3ccccc3)c3ccccc3)=C2CSc2nnnn2C)c2cccc(NC)c2)C(=O)C1=O. The van der Waals surface area contributed by atoms with E-state index in [1.807, 2.05) is 12.1 Å². The van der Waals surface area contributed by atoms with Crippen LogP contribution in [0, 0.1) is 6.92 Å². The van der Waals surface area contributed by atoms with E-state index >= 15 is 9.59 Å². The lowest BCUT2D eigenvalue weighted by atomic mass is 9.87. The lowest BCUT2D eigenvalue weighted by Crippen LogP contribution is -2.63. The molecule has 358 valence electrons. The topological polar surface area (TPSA) is 255 Å². The molecule has 4 atom stereocenters. The number of likely N-dealkylation sites (N-methyl/N-ethyl adjacent to an activating group) is 1. The average molecular weight is 995 g/mol. The highest BCUT2D eigenvalue weighted by molar-refractivity contribution is 8.01. The zero-order valence-corrected chi connectivity index (χ0v) is 40.0. The van der Waals surface area contributed by atoms with Gasteiger partial charge >= 0.3 is 23.8 Å². The van der Waals surface area contributed by atoms with Crippen LogP contribution in [0.25, 0.3) is 0 Å². The number of nitrogens with one attached hydrogen (secondary N) is 3. The molecule has 20 nitrogen and oxygen atoms in total. The molecule has 0 bridgehead atoms. The van der Waals surface area contributed by atoms with Crippen molar-refractivity contribution in [2.45, 2.75) is 52.7 Å². The molecular weight excluding hydrogens is 949 g/mol. The number of ether oxygens (including phenoxy) is 1. The molecule has 5 aromatic rings. The van der Waals surface area contributed by atoms with E-state index in [1.165, 1.54) is 32.7 Å². The molecule has 3 aliphatic rings. The minimum Gasteiger partial charge on any atom is -0.448 e. The van der Waals surface area contributed by atoms with E-state index in [9.17, 15) is 32.1 Å². The van der Waals surface area contributed by atoms with Crippen molar-refractivity contribution in [3.05, 3.63) is 142 Å². The van der Waals surface area contributed by atoms with Gasteiger partial charge in [-0.3, -0.25) is 33.5 Å². The van der Waals surface area contributed by atoms with Gasteiger partial charge in [-0.15, -0.1) is 16.9 Å². The summed E-state index contributed by atoms with van der Waals surface area (Å²) in [6.45, 7) is 3.59. The Kier molecular flexibility index (Phi) is 14.2. The average Bonchev–Trinajstić information content (AvgIpc) is 3.76. The molecule has 8 rings (SSSR count). The number of piperazine rings is 1. The molecule has 3 aliphatic heterocycles. The van der Waals surface area contributed by atoms with Crippen molar-refractivity contribution in [2.75, 3.05) is 37.8 Å². The number of fused-ring (bicyclic) bond motifs is 1. The van der Waals surface area contributed by atoms with Crippen molar-refractivity contribution in [2.24, 2.45) is 7.05 Å². The number of carbonyl (C=O) groups is 6. The van der Waals surface area contributed by atoms with Gasteiger partial charge in [-0.25, -0.2) is 14.3 Å². The van der Waals surface area contributed by atoms with Crippen LogP contribution in [0.3, 0.4) is 0 Å². The largest absolute Gasteiger partial charge is 0.448 e. The number of anilines is 1. The van der Waals surface area contributed by atoms with Gasteiger partial charge in [0.15, 0.2) is 6.10 Å². The highest BCUT2D eigenvalue weighted by Crippen LogP contribution is 2.53. The second kappa shape index (κ2) is 20.3. The molecule has 4 N–H and O–H groups in total. The molecule has 0 spiro atoms. The van der Waals surface area contributed by atoms with Crippen molar-refractivity contribution < 1.29 is 46.5 Å². The lowest BCUT2D eigenvalue weighted by molar-refractivity contribution is -0.153. The Hall–Kier alpha value is -7.08. The van der Waals surface area contributed by atoms with Gasteiger partial charge in [-0.2, -0.15) is 8.42 Å². The van der Waals surface area contributed by atoms with Gasteiger partial charge in [0.1, 0.15) is 22.5 Å². The van der Waals surface area contributed by atoms with Crippen molar-refractivity contribution in [1.29, 1.82) is 0 Å². The summed E-state index contributed by atoms with van der Waals surface area (Å²) in [4.78, 5) is 87.8. The van der Waals surface area contributed by atoms with E-state index in [0.29, 0.717) is 27.5 Å². The molecular formula is C46H46N10O10S3. The maximum absolute atomic E-state index is 15.2. The van der Waals surface area contributed by atoms with Crippen LogP contribution in [-0.4, -0.2) is 127 Å². The summed E-state index contributed by atoms with van der Waals surface area (Å²) in [5, 5.41) is 18.4. The number of amides is 6. The number of hydrogen-bond donors (Lipinski definition) is 4. The molecule has 4 aromatic carbocycles. The van der Waals surface area contributed by atoms with Gasteiger partial charge in [0.2, 0.25) is 17.0 Å². The number of rotatable bonds is 15. The quantitative estimate of drug-likeness (QED) is 0.0383. The second-order valence-corrected chi connectivity index (χ2v) is 19.6. The Morgan fingerprint density at radius 1 is 0.913 bits per heavy atom. The minimum absolute atomic E-state index is 0.0279. The number of imide groups is 1. The van der Waals surface area contributed by atoms with Crippen LogP contribution in [0.15, 0.2) is 124 Å². The summed E-state index contributed by atoms with van der Waals surface area (Å²) in [6, 6.07) is 26.1. The Bertz CT molecular complexity index is 2940. The standard InChI is InChI=1S/C46H46N10O10S3/c1-5-54-21-22-55(42(60)41(54)59)45(62)48-35(29-17-12-18-30(24-29)47-3)38(57)49-39-32(25-67-46-50-51-52-53(46)4)36(44(61)66-37(27-13-8-6-9-14-27)28-15-10-7-11-16-28)56-40(58)34(43(56)68-39)31-23-26(2)19-20-33(31)69(63,64)65/h6-20,23-24,34-35,37,39,43,47H,5,21-22,25H2,1-4H3,(H,48,62)(H,49,57)(H,63,64,65)/t34-,35?,39?,43+/m1/s1. The number of β-lactam (4-membered cyclic amide) rings is 1. The number of benzene rings is 4. The second-order valence-electron chi connectivity index (χ2n) is 16.1. The first-order valence-corrected chi connectivity index (χ1v) is 24.9. The number of aromatic nitrogens is 4. The van der Waals surface area contributed by atoms with Gasteiger partial charge in [0, 0.05) is 50.7 Å². The van der Waals surface area contributed by atoms with Crippen LogP contribution in [0.5, 0.6) is 0 Å². The van der Waals surface area contributed by atoms with E-state index in [0.717, 1.165) is 28.4 Å². The van der Waals surface area contributed by atoms with Gasteiger partial charge in [0.25, 0.3) is 10.1 Å². The number of aryl methyl sites for hydroxylation is 2. The van der Waals surface area contributed by atoms with E-state index in [4.69, 9.17) is 4.74 Å². The molecule has 2 saturated heterocycles. The van der Waals surface area contributed by atoms with Crippen LogP contribution in [-0.2, 0) is 45.9 Å². The van der Waals surface area contributed by atoms with E-state index in [1.54, 1.807) is 101 Å². The lowest BCUT2D eigenvalue weighted by Gasteiger charge is -2.52. The van der Waals surface area contributed by atoms with E-state index < -0.39 is 79.5 Å². The predicted molar refractivity (Wildman–Crippen MR) is 252 cm³/mol. The zero-order valence-electron chi connectivity index (χ0n) is 37.5. The zero-order chi connectivity index (χ0) is 49.1. The fourth-order valence-corrected chi connectivity index (χ4v) is 11.6. The number of tetrazole rings is 1. The number of hydrogen-bond acceptors (Lipinski definition) is 15. The van der Waals surface area contributed by atoms with Crippen molar-refractivity contribution in [3.8, 4) is 0 Å². The number of urea groups is 1. The number of nitrogens with zero attached hydrogens (tertiary/aromatic N) is 7. The van der Waals surface area contributed by atoms with Crippen molar-refractivity contribution in [3.63, 3.8) is 0 Å². The fourth-order valence-electron chi connectivity index (χ4n) is 8.26. The Morgan fingerprint density at radius 3 is 2.22 bits per heavy atom. The fraction of sp³-hybridized carbons (Fsp3) is 0.283. The first-order chi connectivity index (χ1) is 33.1. The van der Waals surface area contributed by atoms with Crippen molar-refractivity contribution >= 4 is 75.0 Å². The smallest absolute Gasteiger partial charge is 0.356 e. The summed E-state index contributed by atoms with van der Waals surface area (Å²) < 4.78 is 43.8.